The molecule has 0 unspecified atom stereocenters. The minimum absolute atomic E-state index is 0.0709. The standard InChI is InChI=1S/C23H21N7O/c24-22-21-18(17-8-7-16(13-20(17)27-22)19-9-11-26-28-19)14-30(29-21)12-4-10-25-23(31)15-5-2-1-3-6-15/h1-3,5-9,11,13-14H,4,10,12H2,(H2,24,27)(H,25,31)(H,26,28). The molecule has 0 radical (unpaired) electrons. The number of carbonyl (C=O) groups excluding carboxylic acids is 1. The van der Waals surface area contributed by atoms with Gasteiger partial charge in [0.25, 0.3) is 5.91 Å². The maximum atomic E-state index is 12.1. The molecule has 3 aromatic heterocycles. The van der Waals surface area contributed by atoms with Gasteiger partial charge in [-0.3, -0.25) is 14.6 Å². The number of amides is 1. The predicted molar refractivity (Wildman–Crippen MR) is 120 cm³/mol. The van der Waals surface area contributed by atoms with E-state index in [1.807, 2.05) is 53.3 Å². The number of aromatic nitrogens is 5. The first-order valence-corrected chi connectivity index (χ1v) is 10.1. The summed E-state index contributed by atoms with van der Waals surface area (Å²) in [5.41, 5.74) is 10.2. The van der Waals surface area contributed by atoms with E-state index in [2.05, 4.69) is 25.6 Å². The van der Waals surface area contributed by atoms with Crippen molar-refractivity contribution in [3.63, 3.8) is 0 Å². The molecule has 5 rings (SSSR count). The summed E-state index contributed by atoms with van der Waals surface area (Å²) in [6.07, 6.45) is 4.53. The smallest absolute Gasteiger partial charge is 0.251 e. The number of H-pyrrole nitrogens is 1. The van der Waals surface area contributed by atoms with Crippen LogP contribution in [0.3, 0.4) is 0 Å². The van der Waals surface area contributed by atoms with Crippen LogP contribution in [0.1, 0.15) is 16.8 Å². The highest BCUT2D eigenvalue weighted by Crippen LogP contribution is 2.29. The van der Waals surface area contributed by atoms with Crippen LogP contribution >= 0.6 is 0 Å². The van der Waals surface area contributed by atoms with Crippen LogP contribution < -0.4 is 11.1 Å². The fourth-order valence-electron chi connectivity index (χ4n) is 3.67. The van der Waals surface area contributed by atoms with Crippen molar-refractivity contribution in [2.45, 2.75) is 13.0 Å². The number of hydrogen-bond acceptors (Lipinski definition) is 5. The van der Waals surface area contributed by atoms with Crippen LogP contribution in [0.5, 0.6) is 0 Å². The van der Waals surface area contributed by atoms with E-state index in [0.29, 0.717) is 30.0 Å². The fraction of sp³-hybridized carbons (Fsp3) is 0.130. The van der Waals surface area contributed by atoms with Gasteiger partial charge in [0.2, 0.25) is 0 Å². The average Bonchev–Trinajstić information content (AvgIpc) is 3.48. The first-order valence-electron chi connectivity index (χ1n) is 10.1. The lowest BCUT2D eigenvalue weighted by atomic mass is 10.1. The van der Waals surface area contributed by atoms with Gasteiger partial charge in [-0.1, -0.05) is 30.3 Å². The molecule has 0 atom stereocenters. The molecule has 8 nitrogen and oxygen atoms in total. The van der Waals surface area contributed by atoms with Crippen LogP contribution in [-0.4, -0.2) is 37.4 Å². The molecule has 31 heavy (non-hydrogen) atoms. The van der Waals surface area contributed by atoms with Crippen LogP contribution in [0.15, 0.2) is 67.0 Å². The predicted octanol–water partition coefficient (Wildman–Crippen LogP) is 3.38. The third kappa shape index (κ3) is 3.71. The number of anilines is 1. The van der Waals surface area contributed by atoms with Crippen LogP contribution in [0.2, 0.25) is 0 Å². The molecule has 8 heteroatoms. The fourth-order valence-corrected chi connectivity index (χ4v) is 3.67. The lowest BCUT2D eigenvalue weighted by Crippen LogP contribution is -2.25. The summed E-state index contributed by atoms with van der Waals surface area (Å²) in [6.45, 7) is 1.22. The van der Waals surface area contributed by atoms with Gasteiger partial charge in [-0.05, 0) is 30.7 Å². The topological polar surface area (TPSA) is 115 Å². The molecule has 0 spiro atoms. The molecule has 4 N–H and O–H groups in total. The first-order chi connectivity index (χ1) is 15.2. The third-order valence-corrected chi connectivity index (χ3v) is 5.22. The zero-order valence-corrected chi connectivity index (χ0v) is 16.7. The summed E-state index contributed by atoms with van der Waals surface area (Å²) in [5.74, 6) is 0.330. The number of carbonyl (C=O) groups is 1. The summed E-state index contributed by atoms with van der Waals surface area (Å²) in [4.78, 5) is 16.7. The molecule has 0 saturated carbocycles. The van der Waals surface area contributed by atoms with Crippen LogP contribution in [0, 0.1) is 0 Å². The highest BCUT2D eigenvalue weighted by molar-refractivity contribution is 6.08. The quantitative estimate of drug-likeness (QED) is 0.371. The maximum absolute atomic E-state index is 12.1. The molecule has 0 fully saturated rings. The van der Waals surface area contributed by atoms with Gasteiger partial charge in [0.15, 0.2) is 5.82 Å². The van der Waals surface area contributed by atoms with Gasteiger partial charge in [-0.2, -0.15) is 10.2 Å². The first kappa shape index (κ1) is 18.8. The summed E-state index contributed by atoms with van der Waals surface area (Å²) in [6, 6.07) is 17.1. The van der Waals surface area contributed by atoms with Crippen LogP contribution in [0.25, 0.3) is 33.1 Å². The Morgan fingerprint density at radius 2 is 1.97 bits per heavy atom. The molecule has 0 aliphatic carbocycles. The molecule has 0 saturated heterocycles. The van der Waals surface area contributed by atoms with E-state index >= 15 is 0 Å². The van der Waals surface area contributed by atoms with Crippen molar-refractivity contribution in [1.29, 1.82) is 0 Å². The minimum atomic E-state index is -0.0709. The van der Waals surface area contributed by atoms with E-state index in [1.54, 1.807) is 18.3 Å². The molecule has 5 aromatic rings. The number of benzene rings is 2. The van der Waals surface area contributed by atoms with E-state index in [9.17, 15) is 4.79 Å². The van der Waals surface area contributed by atoms with E-state index in [1.165, 1.54) is 0 Å². The zero-order chi connectivity index (χ0) is 21.2. The zero-order valence-electron chi connectivity index (χ0n) is 16.7. The van der Waals surface area contributed by atoms with Crippen molar-refractivity contribution in [3.05, 3.63) is 72.6 Å². The SMILES string of the molecule is Nc1nc2cc(-c3cc[nH]n3)ccc2c2cn(CCCNC(=O)c3ccccc3)nc12. The van der Waals surface area contributed by atoms with Crippen molar-refractivity contribution in [3.8, 4) is 11.3 Å². The summed E-state index contributed by atoms with van der Waals surface area (Å²) in [7, 11) is 0. The van der Waals surface area contributed by atoms with Crippen LogP contribution in [0.4, 0.5) is 5.82 Å². The summed E-state index contributed by atoms with van der Waals surface area (Å²) >= 11 is 0. The van der Waals surface area contributed by atoms with Gasteiger partial charge in [0, 0.05) is 47.4 Å². The van der Waals surface area contributed by atoms with Gasteiger partial charge in [0.1, 0.15) is 5.52 Å². The highest BCUT2D eigenvalue weighted by atomic mass is 16.1. The number of fused-ring (bicyclic) bond motifs is 3. The molecule has 0 aliphatic rings. The number of aromatic amines is 1. The number of rotatable bonds is 6. The third-order valence-electron chi connectivity index (χ3n) is 5.22. The van der Waals surface area contributed by atoms with E-state index in [0.717, 1.165) is 34.0 Å². The van der Waals surface area contributed by atoms with Crippen molar-refractivity contribution < 1.29 is 4.79 Å². The molecule has 154 valence electrons. The largest absolute Gasteiger partial charge is 0.382 e. The van der Waals surface area contributed by atoms with E-state index in [-0.39, 0.29) is 5.91 Å². The average molecular weight is 411 g/mol. The molecular formula is C23H21N7O. The molecule has 0 bridgehead atoms. The normalized spacial score (nSPS) is 11.2. The second-order valence-electron chi connectivity index (χ2n) is 7.32. The number of nitrogen functional groups attached to an aromatic ring is 1. The summed E-state index contributed by atoms with van der Waals surface area (Å²) < 4.78 is 1.86. The Kier molecular flexibility index (Phi) is 4.80. The van der Waals surface area contributed by atoms with Crippen molar-refractivity contribution in [2.75, 3.05) is 12.3 Å². The van der Waals surface area contributed by atoms with Gasteiger partial charge >= 0.3 is 0 Å². The Morgan fingerprint density at radius 1 is 1.10 bits per heavy atom. The van der Waals surface area contributed by atoms with Crippen LogP contribution in [-0.2, 0) is 6.54 Å². The number of aryl methyl sites for hydroxylation is 1. The minimum Gasteiger partial charge on any atom is -0.382 e. The lowest BCUT2D eigenvalue weighted by molar-refractivity contribution is 0.0952. The lowest BCUT2D eigenvalue weighted by Gasteiger charge is -2.05. The monoisotopic (exact) mass is 411 g/mol. The Bertz CT molecular complexity index is 1360. The van der Waals surface area contributed by atoms with E-state index < -0.39 is 0 Å². The Hall–Kier alpha value is -4.20. The van der Waals surface area contributed by atoms with Gasteiger partial charge in [-0.15, -0.1) is 0 Å². The second-order valence-corrected chi connectivity index (χ2v) is 7.32. The summed E-state index contributed by atoms with van der Waals surface area (Å²) in [5, 5.41) is 16.6. The van der Waals surface area contributed by atoms with Gasteiger partial charge in [-0.25, -0.2) is 4.98 Å². The number of nitrogens with one attached hydrogen (secondary N) is 2. The number of pyridine rings is 1. The molecule has 0 aliphatic heterocycles. The molecule has 1 amide bonds. The number of nitrogens with zero attached hydrogens (tertiary/aromatic N) is 4. The van der Waals surface area contributed by atoms with Gasteiger partial charge in [0.05, 0.1) is 11.2 Å². The molecule has 2 aromatic carbocycles. The van der Waals surface area contributed by atoms with E-state index in [4.69, 9.17) is 5.73 Å². The number of hydrogen-bond donors (Lipinski definition) is 3. The highest BCUT2D eigenvalue weighted by Gasteiger charge is 2.12. The Labute approximate surface area is 178 Å². The Balaban J connectivity index is 1.33. The number of nitrogens with two attached hydrogens (primary N) is 1. The van der Waals surface area contributed by atoms with Crippen molar-refractivity contribution >= 4 is 33.5 Å². The van der Waals surface area contributed by atoms with Crippen molar-refractivity contribution in [1.82, 2.24) is 30.3 Å². The molecule has 3 heterocycles. The van der Waals surface area contributed by atoms with Crippen molar-refractivity contribution in [2.24, 2.45) is 0 Å². The second kappa shape index (κ2) is 7.91. The Morgan fingerprint density at radius 3 is 2.77 bits per heavy atom. The van der Waals surface area contributed by atoms with Gasteiger partial charge < -0.3 is 11.1 Å². The maximum Gasteiger partial charge on any atom is 0.251 e. The molecular weight excluding hydrogens is 390 g/mol.